The van der Waals surface area contributed by atoms with Gasteiger partial charge >= 0.3 is 18.0 Å². The van der Waals surface area contributed by atoms with E-state index in [1.165, 1.54) is 0 Å². The van der Waals surface area contributed by atoms with Crippen LogP contribution in [-0.4, -0.2) is 49.2 Å². The molecule has 3 aromatic rings. The summed E-state index contributed by atoms with van der Waals surface area (Å²) in [5, 5.41) is 2.53. The topological polar surface area (TPSA) is 94.2 Å². The summed E-state index contributed by atoms with van der Waals surface area (Å²) < 4.78 is 15.2. The molecule has 1 amide bonds. The predicted octanol–water partition coefficient (Wildman–Crippen LogP) is 4.65. The Bertz CT molecular complexity index is 1190. The maximum absolute atomic E-state index is 12.3. The first-order valence-electron chi connectivity index (χ1n) is 11.8. The van der Waals surface area contributed by atoms with Crippen molar-refractivity contribution >= 4 is 23.7 Å². The van der Waals surface area contributed by atoms with E-state index in [0.29, 0.717) is 18.5 Å². The third kappa shape index (κ3) is 6.70. The molecule has 3 aromatic carbocycles. The summed E-state index contributed by atoms with van der Waals surface area (Å²) >= 11 is 0. The minimum absolute atomic E-state index is 0.404. The average molecular weight is 489 g/mol. The number of nitrogens with zero attached hydrogens (tertiary/aromatic N) is 1. The zero-order chi connectivity index (χ0) is 25.3. The summed E-state index contributed by atoms with van der Waals surface area (Å²) in [6.45, 7) is 2.21. The fourth-order valence-electron chi connectivity index (χ4n) is 4.10. The number of benzene rings is 3. The van der Waals surface area contributed by atoms with Gasteiger partial charge in [0.25, 0.3) is 0 Å². The molecule has 1 aliphatic rings. The molecule has 8 heteroatoms. The number of carbonyl (C=O) groups excluding carboxylic acids is 3. The molecule has 1 fully saturated rings. The van der Waals surface area contributed by atoms with Crippen molar-refractivity contribution in [2.75, 3.05) is 25.5 Å². The van der Waals surface area contributed by atoms with Crippen LogP contribution < -0.4 is 10.1 Å². The van der Waals surface area contributed by atoms with Gasteiger partial charge in [-0.1, -0.05) is 60.7 Å². The minimum Gasteiger partial charge on any atom is -0.497 e. The molecule has 36 heavy (non-hydrogen) atoms. The molecule has 0 unspecified atom stereocenters. The van der Waals surface area contributed by atoms with Crippen molar-refractivity contribution in [3.8, 4) is 16.9 Å². The van der Waals surface area contributed by atoms with Crippen LogP contribution in [-0.2, 0) is 25.6 Å². The number of rotatable bonds is 6. The molecule has 1 N–H and O–H groups in total. The Kier molecular flexibility index (Phi) is 8.31. The SMILES string of the molecule is COc1ccc(CN2CCC(OC(=O)C(=O)OC(=O)Nc3ccccc3-c3ccccc3)CC2)cc1. The molecule has 0 aromatic heterocycles. The maximum Gasteiger partial charge on any atom is 0.426 e. The molecule has 0 radical (unpaired) electrons. The number of nitrogens with one attached hydrogen (secondary N) is 1. The highest BCUT2D eigenvalue weighted by molar-refractivity contribution is 6.31. The van der Waals surface area contributed by atoms with Crippen LogP contribution in [0.25, 0.3) is 11.1 Å². The van der Waals surface area contributed by atoms with Crippen LogP contribution in [0.4, 0.5) is 10.5 Å². The quantitative estimate of drug-likeness (QED) is 0.307. The summed E-state index contributed by atoms with van der Waals surface area (Å²) in [4.78, 5) is 38.9. The van der Waals surface area contributed by atoms with Gasteiger partial charge in [-0.15, -0.1) is 0 Å². The molecule has 1 heterocycles. The number of likely N-dealkylation sites (tertiary alicyclic amines) is 1. The van der Waals surface area contributed by atoms with Gasteiger partial charge in [0.15, 0.2) is 0 Å². The molecule has 0 spiro atoms. The van der Waals surface area contributed by atoms with Gasteiger partial charge in [-0.2, -0.15) is 0 Å². The van der Waals surface area contributed by atoms with Gasteiger partial charge in [0.05, 0.1) is 12.8 Å². The van der Waals surface area contributed by atoms with Crippen molar-refractivity contribution in [1.82, 2.24) is 4.90 Å². The third-order valence-corrected chi connectivity index (χ3v) is 5.97. The van der Waals surface area contributed by atoms with E-state index in [-0.39, 0.29) is 0 Å². The lowest BCUT2D eigenvalue weighted by atomic mass is 10.0. The van der Waals surface area contributed by atoms with Crippen molar-refractivity contribution in [1.29, 1.82) is 0 Å². The first-order valence-corrected chi connectivity index (χ1v) is 11.8. The van der Waals surface area contributed by atoms with Gasteiger partial charge in [0.2, 0.25) is 0 Å². The monoisotopic (exact) mass is 488 g/mol. The molecular weight excluding hydrogens is 460 g/mol. The Hall–Kier alpha value is -4.17. The van der Waals surface area contributed by atoms with Crippen LogP contribution in [0.2, 0.25) is 0 Å². The molecule has 0 saturated carbocycles. The number of para-hydroxylation sites is 1. The van der Waals surface area contributed by atoms with Gasteiger partial charge in [0.1, 0.15) is 11.9 Å². The summed E-state index contributed by atoms with van der Waals surface area (Å²) in [7, 11) is 1.63. The summed E-state index contributed by atoms with van der Waals surface area (Å²) in [6.07, 6.45) is -0.272. The predicted molar refractivity (Wildman–Crippen MR) is 134 cm³/mol. The van der Waals surface area contributed by atoms with E-state index in [1.807, 2.05) is 66.7 Å². The standard InChI is InChI=1S/C28H28N2O6/c1-34-22-13-11-20(12-14-22)19-30-17-15-23(16-18-30)35-26(31)27(32)36-28(33)29-25-10-6-5-9-24(25)21-7-3-2-4-8-21/h2-14,23H,15-19H2,1H3,(H,29,33). The highest BCUT2D eigenvalue weighted by Crippen LogP contribution is 2.27. The number of ether oxygens (including phenoxy) is 3. The van der Waals surface area contributed by atoms with Crippen molar-refractivity contribution in [3.63, 3.8) is 0 Å². The second-order valence-electron chi connectivity index (χ2n) is 8.44. The largest absolute Gasteiger partial charge is 0.497 e. The number of esters is 2. The maximum atomic E-state index is 12.3. The summed E-state index contributed by atoms with van der Waals surface area (Å²) in [5.74, 6) is -1.70. The van der Waals surface area contributed by atoms with Crippen LogP contribution in [0.3, 0.4) is 0 Å². The van der Waals surface area contributed by atoms with Gasteiger partial charge in [-0.3, -0.25) is 10.2 Å². The zero-order valence-corrected chi connectivity index (χ0v) is 20.0. The molecule has 0 atom stereocenters. The first kappa shape index (κ1) is 24.9. The number of hydrogen-bond donors (Lipinski definition) is 1. The molecule has 0 bridgehead atoms. The normalized spacial score (nSPS) is 14.0. The fourth-order valence-corrected chi connectivity index (χ4v) is 4.10. The molecule has 1 aliphatic heterocycles. The van der Waals surface area contributed by atoms with E-state index in [2.05, 4.69) is 15.0 Å². The molecule has 4 rings (SSSR count). The summed E-state index contributed by atoms with van der Waals surface area (Å²) in [5.41, 5.74) is 3.26. The van der Waals surface area contributed by atoms with E-state index in [0.717, 1.165) is 42.1 Å². The number of piperidine rings is 1. The Morgan fingerprint density at radius 3 is 2.22 bits per heavy atom. The molecule has 0 aliphatic carbocycles. The lowest BCUT2D eigenvalue weighted by Crippen LogP contribution is -2.39. The average Bonchev–Trinajstić information content (AvgIpc) is 2.91. The van der Waals surface area contributed by atoms with Crippen molar-refractivity contribution < 1.29 is 28.6 Å². The van der Waals surface area contributed by atoms with Crippen molar-refractivity contribution in [3.05, 3.63) is 84.4 Å². The highest BCUT2D eigenvalue weighted by atomic mass is 16.6. The van der Waals surface area contributed by atoms with Crippen LogP contribution in [0.1, 0.15) is 18.4 Å². The third-order valence-electron chi connectivity index (χ3n) is 5.97. The Balaban J connectivity index is 1.23. The number of methoxy groups -OCH3 is 1. The fraction of sp³-hybridized carbons (Fsp3) is 0.250. The second kappa shape index (κ2) is 12.0. The summed E-state index contributed by atoms with van der Waals surface area (Å²) in [6, 6.07) is 24.4. The highest BCUT2D eigenvalue weighted by Gasteiger charge is 2.28. The van der Waals surface area contributed by atoms with Crippen molar-refractivity contribution in [2.45, 2.75) is 25.5 Å². The zero-order valence-electron chi connectivity index (χ0n) is 20.0. The van der Waals surface area contributed by atoms with Crippen LogP contribution in [0.5, 0.6) is 5.75 Å². The van der Waals surface area contributed by atoms with Crippen LogP contribution in [0, 0.1) is 0 Å². The second-order valence-corrected chi connectivity index (χ2v) is 8.44. The van der Waals surface area contributed by atoms with Crippen LogP contribution in [0.15, 0.2) is 78.9 Å². The number of amides is 1. The van der Waals surface area contributed by atoms with E-state index >= 15 is 0 Å². The number of carbonyl (C=O) groups is 3. The molecule has 1 saturated heterocycles. The smallest absolute Gasteiger partial charge is 0.426 e. The van der Waals surface area contributed by atoms with E-state index in [4.69, 9.17) is 9.47 Å². The van der Waals surface area contributed by atoms with E-state index in [1.54, 1.807) is 19.2 Å². The number of anilines is 1. The van der Waals surface area contributed by atoms with E-state index in [9.17, 15) is 14.4 Å². The van der Waals surface area contributed by atoms with Crippen molar-refractivity contribution in [2.24, 2.45) is 0 Å². The van der Waals surface area contributed by atoms with Gasteiger partial charge < -0.3 is 14.2 Å². The van der Waals surface area contributed by atoms with Crippen LogP contribution >= 0.6 is 0 Å². The van der Waals surface area contributed by atoms with E-state index < -0.39 is 24.1 Å². The molecular formula is C28H28N2O6. The van der Waals surface area contributed by atoms with Gasteiger partial charge in [0, 0.05) is 25.2 Å². The lowest BCUT2D eigenvalue weighted by molar-refractivity contribution is -0.168. The van der Waals surface area contributed by atoms with Gasteiger partial charge in [-0.05, 0) is 42.2 Å². The number of hydrogen-bond acceptors (Lipinski definition) is 7. The molecule has 186 valence electrons. The Morgan fingerprint density at radius 1 is 0.861 bits per heavy atom. The lowest BCUT2D eigenvalue weighted by Gasteiger charge is -2.31. The first-order chi connectivity index (χ1) is 17.5. The molecule has 8 nitrogen and oxygen atoms in total. The Morgan fingerprint density at radius 2 is 1.53 bits per heavy atom. The Labute approximate surface area is 209 Å². The van der Waals surface area contributed by atoms with Gasteiger partial charge in [-0.25, -0.2) is 14.4 Å². The minimum atomic E-state index is -1.34.